The fraction of sp³-hybridized carbons (Fsp3) is 0.846. The number of amides is 2. The zero-order chi connectivity index (χ0) is 15.4. The summed E-state index contributed by atoms with van der Waals surface area (Å²) in [5.41, 5.74) is -0.617. The molecule has 20 heavy (non-hydrogen) atoms. The molecule has 1 aliphatic heterocycles. The van der Waals surface area contributed by atoms with E-state index in [0.29, 0.717) is 17.9 Å². The van der Waals surface area contributed by atoms with Crippen molar-refractivity contribution in [2.45, 2.75) is 58.6 Å². The Balaban J connectivity index is 2.63. The van der Waals surface area contributed by atoms with E-state index in [2.05, 4.69) is 9.68 Å². The lowest BCUT2D eigenvalue weighted by Crippen LogP contribution is -2.46. The minimum absolute atomic E-state index is 0.346. The Morgan fingerprint density at radius 3 is 2.65 bits per heavy atom. The second-order valence-corrected chi connectivity index (χ2v) is 8.50. The van der Waals surface area contributed by atoms with Gasteiger partial charge in [0.15, 0.2) is 0 Å². The molecule has 2 amide bonds. The third-order valence-electron chi connectivity index (χ3n) is 2.79. The van der Waals surface area contributed by atoms with Crippen LogP contribution in [-0.4, -0.2) is 39.4 Å². The molecule has 7 heteroatoms. The lowest BCUT2D eigenvalue weighted by molar-refractivity contribution is -0.119. The summed E-state index contributed by atoms with van der Waals surface area (Å²) < 4.78 is 21.2. The summed E-state index contributed by atoms with van der Waals surface area (Å²) in [4.78, 5) is 23.5. The van der Waals surface area contributed by atoms with E-state index < -0.39 is 33.4 Å². The summed E-state index contributed by atoms with van der Waals surface area (Å²) in [7, 11) is -2.42. The minimum Gasteiger partial charge on any atom is -0.444 e. The quantitative estimate of drug-likeness (QED) is 0.861. The van der Waals surface area contributed by atoms with E-state index in [1.807, 2.05) is 6.92 Å². The molecule has 1 aliphatic rings. The molecule has 1 heterocycles. The minimum atomic E-state index is -2.42. The molecule has 6 nitrogen and oxygen atoms in total. The van der Waals surface area contributed by atoms with Crippen LogP contribution >= 0.6 is 0 Å². The van der Waals surface area contributed by atoms with Crippen LogP contribution < -0.4 is 5.32 Å². The fourth-order valence-corrected chi connectivity index (χ4v) is 3.99. The van der Waals surface area contributed by atoms with Crippen LogP contribution in [-0.2, 0) is 19.3 Å². The van der Waals surface area contributed by atoms with Crippen LogP contribution in [0.25, 0.3) is 0 Å². The van der Waals surface area contributed by atoms with Gasteiger partial charge in [-0.2, -0.15) is 4.36 Å². The highest BCUT2D eigenvalue weighted by Crippen LogP contribution is 2.14. The molecule has 0 radical (unpaired) electrons. The number of carbonyl (C=O) groups is 2. The third kappa shape index (κ3) is 5.48. The molecule has 0 aliphatic carbocycles. The van der Waals surface area contributed by atoms with Crippen LogP contribution in [0.1, 0.15) is 47.0 Å². The van der Waals surface area contributed by atoms with Gasteiger partial charge in [0.25, 0.3) is 5.91 Å². The maximum atomic E-state index is 12.3. The maximum Gasteiger partial charge on any atom is 0.408 e. The Morgan fingerprint density at radius 2 is 2.15 bits per heavy atom. The number of unbranched alkanes of at least 4 members (excludes halogenated alkanes) is 1. The third-order valence-corrected chi connectivity index (χ3v) is 5.10. The number of carbonyl (C=O) groups excluding carboxylic acids is 2. The molecule has 0 saturated heterocycles. The number of nitrogens with one attached hydrogen (secondary N) is 1. The van der Waals surface area contributed by atoms with Crippen molar-refractivity contribution >= 4 is 21.7 Å². The van der Waals surface area contributed by atoms with Gasteiger partial charge in [-0.1, -0.05) is 13.3 Å². The fourth-order valence-electron chi connectivity index (χ4n) is 1.80. The van der Waals surface area contributed by atoms with Crippen molar-refractivity contribution in [1.29, 1.82) is 0 Å². The molecule has 0 spiro atoms. The average molecular weight is 304 g/mol. The smallest absolute Gasteiger partial charge is 0.408 e. The summed E-state index contributed by atoms with van der Waals surface area (Å²) in [5, 5.41) is 2.49. The van der Waals surface area contributed by atoms with E-state index in [4.69, 9.17) is 4.74 Å². The molecule has 0 aromatic carbocycles. The summed E-state index contributed by atoms with van der Waals surface area (Å²) in [5.74, 6) is 0.288. The molecule has 0 unspecified atom stereocenters. The first kappa shape index (κ1) is 16.9. The maximum absolute atomic E-state index is 12.3. The standard InChI is InChI=1S/C13H24N2O4S/c1-5-6-8-20(18)9-7-10(11(16)15-20)14-12(17)19-13(2,3)4/h10H,5-9H2,1-4H3,(H,14,17)/t10-,20-/m0/s1. The topological polar surface area (TPSA) is 84.8 Å². The van der Waals surface area contributed by atoms with Crippen LogP contribution in [0.3, 0.4) is 0 Å². The first-order chi connectivity index (χ1) is 9.15. The number of hydrogen-bond donors (Lipinski definition) is 1. The number of hydrogen-bond acceptors (Lipinski definition) is 4. The summed E-state index contributed by atoms with van der Waals surface area (Å²) in [6.07, 6.45) is 1.41. The van der Waals surface area contributed by atoms with E-state index in [1.165, 1.54) is 0 Å². The van der Waals surface area contributed by atoms with E-state index >= 15 is 0 Å². The van der Waals surface area contributed by atoms with Crippen LogP contribution in [0.15, 0.2) is 4.36 Å². The van der Waals surface area contributed by atoms with Crippen molar-refractivity contribution in [2.75, 3.05) is 11.5 Å². The van der Waals surface area contributed by atoms with Gasteiger partial charge in [0.2, 0.25) is 0 Å². The van der Waals surface area contributed by atoms with E-state index in [1.54, 1.807) is 20.8 Å². The van der Waals surface area contributed by atoms with Crippen molar-refractivity contribution in [3.8, 4) is 0 Å². The van der Waals surface area contributed by atoms with Crippen LogP contribution in [0.5, 0.6) is 0 Å². The summed E-state index contributed by atoms with van der Waals surface area (Å²) in [6, 6.07) is -0.721. The highest BCUT2D eigenvalue weighted by atomic mass is 32.2. The first-order valence-electron chi connectivity index (χ1n) is 6.91. The molecule has 0 saturated carbocycles. The number of alkyl carbamates (subject to hydrolysis) is 1. The van der Waals surface area contributed by atoms with Crippen LogP contribution in [0.2, 0.25) is 0 Å². The van der Waals surface area contributed by atoms with Gasteiger partial charge in [-0.3, -0.25) is 4.79 Å². The molecular formula is C13H24N2O4S. The summed E-state index contributed by atoms with van der Waals surface area (Å²) >= 11 is 0. The van der Waals surface area contributed by atoms with Gasteiger partial charge in [-0.25, -0.2) is 9.00 Å². The largest absolute Gasteiger partial charge is 0.444 e. The van der Waals surface area contributed by atoms with Crippen molar-refractivity contribution < 1.29 is 18.5 Å². The second kappa shape index (κ2) is 6.56. The second-order valence-electron chi connectivity index (χ2n) is 5.95. The van der Waals surface area contributed by atoms with Crippen molar-refractivity contribution in [2.24, 2.45) is 4.36 Å². The number of nitrogens with zero attached hydrogens (tertiary/aromatic N) is 1. The van der Waals surface area contributed by atoms with Crippen LogP contribution in [0, 0.1) is 0 Å². The van der Waals surface area contributed by atoms with E-state index in [0.717, 1.165) is 12.8 Å². The normalized spacial score (nSPS) is 26.8. The van der Waals surface area contributed by atoms with Gasteiger partial charge in [-0.15, -0.1) is 0 Å². The lowest BCUT2D eigenvalue weighted by atomic mass is 10.2. The Labute approximate surface area is 120 Å². The molecule has 1 rings (SSSR count). The zero-order valence-electron chi connectivity index (χ0n) is 12.6. The van der Waals surface area contributed by atoms with Gasteiger partial charge in [-0.05, 0) is 33.6 Å². The molecular weight excluding hydrogens is 280 g/mol. The van der Waals surface area contributed by atoms with E-state index in [-0.39, 0.29) is 0 Å². The monoisotopic (exact) mass is 304 g/mol. The van der Waals surface area contributed by atoms with Crippen molar-refractivity contribution in [3.63, 3.8) is 0 Å². The molecule has 0 aromatic heterocycles. The molecule has 0 bridgehead atoms. The Bertz CT molecular complexity index is 487. The predicted octanol–water partition coefficient (Wildman–Crippen LogP) is 2.08. The van der Waals surface area contributed by atoms with E-state index in [9.17, 15) is 13.8 Å². The summed E-state index contributed by atoms with van der Waals surface area (Å²) in [6.45, 7) is 7.24. The van der Waals surface area contributed by atoms with Gasteiger partial charge < -0.3 is 10.1 Å². The predicted molar refractivity (Wildman–Crippen MR) is 78.0 cm³/mol. The number of ether oxygens (including phenoxy) is 1. The lowest BCUT2D eigenvalue weighted by Gasteiger charge is -2.24. The van der Waals surface area contributed by atoms with Gasteiger partial charge in [0.05, 0.1) is 9.73 Å². The zero-order valence-corrected chi connectivity index (χ0v) is 13.4. The van der Waals surface area contributed by atoms with Crippen molar-refractivity contribution in [1.82, 2.24) is 5.32 Å². The molecule has 116 valence electrons. The molecule has 0 aromatic rings. The molecule has 1 N–H and O–H groups in total. The average Bonchev–Trinajstić information content (AvgIpc) is 2.28. The van der Waals surface area contributed by atoms with Crippen LogP contribution in [0.4, 0.5) is 4.79 Å². The van der Waals surface area contributed by atoms with Gasteiger partial charge in [0.1, 0.15) is 11.6 Å². The van der Waals surface area contributed by atoms with Gasteiger partial charge >= 0.3 is 6.09 Å². The highest BCUT2D eigenvalue weighted by molar-refractivity contribution is 7.93. The molecule has 2 atom stereocenters. The Hall–Kier alpha value is -1.11. The molecule has 0 fully saturated rings. The number of rotatable bonds is 4. The highest BCUT2D eigenvalue weighted by Gasteiger charge is 2.30. The SMILES string of the molecule is CCCC[S@@]1(=O)=NC(=O)[C@@H](NC(=O)OC(C)(C)C)CC1. The first-order valence-corrected chi connectivity index (χ1v) is 8.76. The Kier molecular flexibility index (Phi) is 5.56. The van der Waals surface area contributed by atoms with Crippen molar-refractivity contribution in [3.05, 3.63) is 0 Å². The van der Waals surface area contributed by atoms with Gasteiger partial charge in [0, 0.05) is 11.5 Å². The Morgan fingerprint density at radius 1 is 1.50 bits per heavy atom.